The van der Waals surface area contributed by atoms with E-state index in [0.29, 0.717) is 0 Å². The normalized spacial score (nSPS) is 17.0. The Morgan fingerprint density at radius 2 is 2.18 bits per heavy atom. The maximum atomic E-state index is 10.9. The van der Waals surface area contributed by atoms with Gasteiger partial charge in [-0.3, -0.25) is 4.79 Å². The molecule has 0 heterocycles. The molecular weight excluding hydrogens is 136 g/mol. The third-order valence-electron chi connectivity index (χ3n) is 1.66. The Labute approximate surface area is 67.1 Å². The molecule has 1 aliphatic rings. The number of carbonyl (C=O) groups is 1. The van der Waals surface area contributed by atoms with Gasteiger partial charge < -0.3 is 0 Å². The molecule has 0 saturated carbocycles. The van der Waals surface area contributed by atoms with Crippen molar-refractivity contribution >= 4 is 5.78 Å². The van der Waals surface area contributed by atoms with Crippen molar-refractivity contribution in [2.45, 2.75) is 19.8 Å². The van der Waals surface area contributed by atoms with Crippen LogP contribution in [0, 0.1) is 0 Å². The van der Waals surface area contributed by atoms with Gasteiger partial charge in [0.1, 0.15) is 0 Å². The largest absolute Gasteiger partial charge is 0.295 e. The summed E-state index contributed by atoms with van der Waals surface area (Å²) in [5, 5.41) is 0. The van der Waals surface area contributed by atoms with Crippen molar-refractivity contribution in [3.8, 4) is 0 Å². The zero-order valence-electron chi connectivity index (χ0n) is 6.71. The summed E-state index contributed by atoms with van der Waals surface area (Å²) in [6.45, 7) is 1.61. The van der Waals surface area contributed by atoms with Crippen LogP contribution in [0.3, 0.4) is 0 Å². The highest BCUT2D eigenvalue weighted by Gasteiger charge is 1.99. The molecule has 0 aromatic heterocycles. The van der Waals surface area contributed by atoms with E-state index in [0.717, 1.165) is 18.4 Å². The Morgan fingerprint density at radius 1 is 1.36 bits per heavy atom. The van der Waals surface area contributed by atoms with Gasteiger partial charge in [0, 0.05) is 0 Å². The fourth-order valence-corrected chi connectivity index (χ4v) is 0.977. The molecule has 1 aliphatic carbocycles. The molecule has 0 radical (unpaired) electrons. The molecule has 0 saturated heterocycles. The van der Waals surface area contributed by atoms with E-state index in [1.165, 1.54) is 0 Å². The van der Waals surface area contributed by atoms with Crippen LogP contribution in [0.2, 0.25) is 0 Å². The molecule has 0 unspecified atom stereocenters. The Hall–Kier alpha value is -1.11. The summed E-state index contributed by atoms with van der Waals surface area (Å²) >= 11 is 0. The minimum absolute atomic E-state index is 0.168. The van der Waals surface area contributed by atoms with E-state index >= 15 is 0 Å². The summed E-state index contributed by atoms with van der Waals surface area (Å²) in [7, 11) is 0. The molecule has 0 spiro atoms. The average molecular weight is 148 g/mol. The van der Waals surface area contributed by atoms with Crippen molar-refractivity contribution in [2.75, 3.05) is 0 Å². The maximum absolute atomic E-state index is 10.9. The number of hydrogen-bond acceptors (Lipinski definition) is 1. The van der Waals surface area contributed by atoms with Gasteiger partial charge in [0.25, 0.3) is 0 Å². The van der Waals surface area contributed by atoms with Gasteiger partial charge in [-0.1, -0.05) is 30.4 Å². The standard InChI is InChI=1S/C10H12O/c1-9(11)10-7-5-3-2-4-6-8-10/h3-7H,2,8H2,1H3. The minimum Gasteiger partial charge on any atom is -0.295 e. The molecule has 0 bridgehead atoms. The number of allylic oxidation sites excluding steroid dienone is 6. The lowest BCUT2D eigenvalue weighted by Crippen LogP contribution is -1.95. The van der Waals surface area contributed by atoms with Crippen LogP contribution in [0.25, 0.3) is 0 Å². The Balaban J connectivity index is 2.76. The maximum Gasteiger partial charge on any atom is 0.156 e. The van der Waals surface area contributed by atoms with E-state index in [4.69, 9.17) is 0 Å². The first-order valence-corrected chi connectivity index (χ1v) is 3.82. The van der Waals surface area contributed by atoms with Gasteiger partial charge in [-0.05, 0) is 25.3 Å². The Kier molecular flexibility index (Phi) is 2.84. The molecular formula is C10H12O. The monoisotopic (exact) mass is 148 g/mol. The van der Waals surface area contributed by atoms with Crippen molar-refractivity contribution in [3.05, 3.63) is 36.0 Å². The Bertz CT molecular complexity index is 231. The molecule has 0 fully saturated rings. The zero-order chi connectivity index (χ0) is 8.10. The molecule has 0 aliphatic heterocycles. The average Bonchev–Trinajstić information content (AvgIpc) is 1.84. The number of ketones is 1. The van der Waals surface area contributed by atoms with Crippen LogP contribution in [-0.2, 0) is 4.79 Å². The summed E-state index contributed by atoms with van der Waals surface area (Å²) < 4.78 is 0. The quantitative estimate of drug-likeness (QED) is 0.522. The molecule has 0 N–H and O–H groups in total. The van der Waals surface area contributed by atoms with Gasteiger partial charge in [-0.25, -0.2) is 0 Å². The summed E-state index contributed by atoms with van der Waals surface area (Å²) in [6.07, 6.45) is 11.7. The number of hydrogen-bond donors (Lipinski definition) is 0. The van der Waals surface area contributed by atoms with Crippen LogP contribution in [0.5, 0.6) is 0 Å². The third kappa shape index (κ3) is 2.54. The van der Waals surface area contributed by atoms with Gasteiger partial charge in [0.15, 0.2) is 5.78 Å². The second kappa shape index (κ2) is 3.91. The number of Topliss-reactive ketones (excluding diaryl/α,β-unsaturated/α-hetero) is 1. The van der Waals surface area contributed by atoms with Gasteiger partial charge in [0.2, 0.25) is 0 Å². The zero-order valence-corrected chi connectivity index (χ0v) is 6.71. The molecule has 1 heteroatoms. The van der Waals surface area contributed by atoms with E-state index in [1.54, 1.807) is 6.92 Å². The van der Waals surface area contributed by atoms with Crippen LogP contribution in [-0.4, -0.2) is 5.78 Å². The van der Waals surface area contributed by atoms with Gasteiger partial charge >= 0.3 is 0 Å². The van der Waals surface area contributed by atoms with Crippen LogP contribution in [0.15, 0.2) is 36.0 Å². The first-order valence-electron chi connectivity index (χ1n) is 3.82. The lowest BCUT2D eigenvalue weighted by atomic mass is 10.1. The van der Waals surface area contributed by atoms with Crippen molar-refractivity contribution in [2.24, 2.45) is 0 Å². The van der Waals surface area contributed by atoms with E-state index in [-0.39, 0.29) is 5.78 Å². The predicted molar refractivity (Wildman–Crippen MR) is 46.3 cm³/mol. The minimum atomic E-state index is 0.168. The lowest BCUT2D eigenvalue weighted by molar-refractivity contribution is -0.113. The fourth-order valence-electron chi connectivity index (χ4n) is 0.977. The van der Waals surface area contributed by atoms with Crippen LogP contribution in [0.4, 0.5) is 0 Å². The van der Waals surface area contributed by atoms with Crippen molar-refractivity contribution in [3.63, 3.8) is 0 Å². The highest BCUT2D eigenvalue weighted by atomic mass is 16.1. The van der Waals surface area contributed by atoms with Crippen LogP contribution >= 0.6 is 0 Å². The first-order chi connectivity index (χ1) is 5.30. The second-order valence-electron chi connectivity index (χ2n) is 2.59. The topological polar surface area (TPSA) is 17.1 Å². The number of carbonyl (C=O) groups excluding carboxylic acids is 1. The van der Waals surface area contributed by atoms with Crippen LogP contribution in [0.1, 0.15) is 19.8 Å². The van der Waals surface area contributed by atoms with E-state index < -0.39 is 0 Å². The summed E-state index contributed by atoms with van der Waals surface area (Å²) in [4.78, 5) is 10.9. The van der Waals surface area contributed by atoms with E-state index in [2.05, 4.69) is 6.08 Å². The van der Waals surface area contributed by atoms with Crippen molar-refractivity contribution in [1.82, 2.24) is 0 Å². The van der Waals surface area contributed by atoms with Crippen LogP contribution < -0.4 is 0 Å². The molecule has 0 aromatic carbocycles. The number of rotatable bonds is 1. The summed E-state index contributed by atoms with van der Waals surface area (Å²) in [6, 6.07) is 0. The fraction of sp³-hybridized carbons (Fsp3) is 0.300. The van der Waals surface area contributed by atoms with Crippen molar-refractivity contribution in [1.29, 1.82) is 0 Å². The lowest BCUT2D eigenvalue weighted by Gasteiger charge is -1.98. The van der Waals surface area contributed by atoms with E-state index in [9.17, 15) is 4.79 Å². The Morgan fingerprint density at radius 3 is 2.91 bits per heavy atom. The molecule has 1 rings (SSSR count). The third-order valence-corrected chi connectivity index (χ3v) is 1.66. The first kappa shape index (κ1) is 7.99. The second-order valence-corrected chi connectivity index (χ2v) is 2.59. The highest BCUT2D eigenvalue weighted by molar-refractivity contribution is 5.93. The van der Waals surface area contributed by atoms with Gasteiger partial charge in [-0.15, -0.1) is 0 Å². The van der Waals surface area contributed by atoms with Gasteiger partial charge in [0.05, 0.1) is 0 Å². The SMILES string of the molecule is CC(=O)C1=CC=CCC=CC1. The van der Waals surface area contributed by atoms with Crippen molar-refractivity contribution < 1.29 is 4.79 Å². The predicted octanol–water partition coefficient (Wildman–Crippen LogP) is 2.41. The molecule has 58 valence electrons. The molecule has 0 aromatic rings. The highest BCUT2D eigenvalue weighted by Crippen LogP contribution is 2.07. The summed E-state index contributed by atoms with van der Waals surface area (Å²) in [5.74, 6) is 0.168. The smallest absolute Gasteiger partial charge is 0.156 e. The summed E-state index contributed by atoms with van der Waals surface area (Å²) in [5.41, 5.74) is 0.886. The molecule has 0 amide bonds. The molecule has 1 nitrogen and oxygen atoms in total. The van der Waals surface area contributed by atoms with Gasteiger partial charge in [-0.2, -0.15) is 0 Å². The van der Waals surface area contributed by atoms with E-state index in [1.807, 2.05) is 24.3 Å². The molecule has 11 heavy (non-hydrogen) atoms. The molecule has 0 atom stereocenters.